The smallest absolute Gasteiger partial charge is 0.335 e. The molecule has 4 aromatic rings. The molecule has 2 amide bonds. The summed E-state index contributed by atoms with van der Waals surface area (Å²) in [6, 6.07) is 15.8. The van der Waals surface area contributed by atoms with Crippen molar-refractivity contribution in [2.45, 2.75) is 31.3 Å². The maximum absolute atomic E-state index is 14.7. The van der Waals surface area contributed by atoms with Crippen LogP contribution in [0.15, 0.2) is 73.2 Å². The first-order chi connectivity index (χ1) is 22.1. The molecule has 0 aliphatic carbocycles. The molecule has 238 valence electrons. The van der Waals surface area contributed by atoms with E-state index in [4.69, 9.17) is 11.6 Å². The molecule has 1 aromatic heterocycles. The van der Waals surface area contributed by atoms with E-state index < -0.39 is 29.6 Å². The number of nitrogens with zero attached hydrogens (tertiary/aromatic N) is 5. The summed E-state index contributed by atoms with van der Waals surface area (Å²) in [5.74, 6) is -2.64. The molecule has 2 N–H and O–H groups in total. The first-order valence-electron chi connectivity index (χ1n) is 15.1. The van der Waals surface area contributed by atoms with Crippen LogP contribution < -0.4 is 10.2 Å². The van der Waals surface area contributed by atoms with E-state index in [1.54, 1.807) is 6.07 Å². The number of halogens is 2. The van der Waals surface area contributed by atoms with E-state index in [0.717, 1.165) is 37.2 Å². The van der Waals surface area contributed by atoms with Crippen molar-refractivity contribution in [1.29, 1.82) is 0 Å². The van der Waals surface area contributed by atoms with Crippen molar-refractivity contribution in [1.82, 2.24) is 19.4 Å². The van der Waals surface area contributed by atoms with E-state index in [9.17, 15) is 23.9 Å². The van der Waals surface area contributed by atoms with Gasteiger partial charge in [0.1, 0.15) is 18.1 Å². The van der Waals surface area contributed by atoms with Crippen molar-refractivity contribution < 1.29 is 23.9 Å². The Bertz CT molecular complexity index is 1780. The van der Waals surface area contributed by atoms with Gasteiger partial charge in [0.05, 0.1) is 16.3 Å². The van der Waals surface area contributed by atoms with Crippen molar-refractivity contribution in [3.63, 3.8) is 0 Å². The zero-order valence-corrected chi connectivity index (χ0v) is 26.2. The minimum absolute atomic E-state index is 0.0494. The van der Waals surface area contributed by atoms with Gasteiger partial charge >= 0.3 is 5.97 Å². The van der Waals surface area contributed by atoms with E-state index in [1.165, 1.54) is 58.4 Å². The van der Waals surface area contributed by atoms with Gasteiger partial charge in [-0.2, -0.15) is 0 Å². The first kappa shape index (κ1) is 31.3. The Morgan fingerprint density at radius 3 is 2.37 bits per heavy atom. The maximum atomic E-state index is 14.7. The van der Waals surface area contributed by atoms with Gasteiger partial charge in [-0.05, 0) is 86.9 Å². The lowest BCUT2D eigenvalue weighted by molar-refractivity contribution is -0.121. The van der Waals surface area contributed by atoms with Crippen LogP contribution in [0.25, 0.3) is 5.69 Å². The molecule has 3 heterocycles. The van der Waals surface area contributed by atoms with Gasteiger partial charge in [0.25, 0.3) is 11.8 Å². The molecule has 46 heavy (non-hydrogen) atoms. The lowest BCUT2D eigenvalue weighted by atomic mass is 9.89. The Morgan fingerprint density at radius 2 is 1.67 bits per heavy atom. The maximum Gasteiger partial charge on any atom is 0.335 e. The number of rotatable bonds is 7. The van der Waals surface area contributed by atoms with Crippen molar-refractivity contribution in [3.8, 4) is 5.69 Å². The number of hydrogen-bond donors (Lipinski definition) is 2. The second-order valence-electron chi connectivity index (χ2n) is 11.8. The second-order valence-corrected chi connectivity index (χ2v) is 12.2. The molecule has 10 nitrogen and oxygen atoms in total. The average Bonchev–Trinajstić information content (AvgIpc) is 3.55. The fraction of sp³-hybridized carbons (Fsp3) is 0.294. The molecule has 0 radical (unpaired) electrons. The van der Waals surface area contributed by atoms with Crippen molar-refractivity contribution in [2.75, 3.05) is 43.9 Å². The Kier molecular flexibility index (Phi) is 8.79. The molecule has 12 heteroatoms. The zero-order chi connectivity index (χ0) is 32.5. The molecule has 0 bridgehead atoms. The van der Waals surface area contributed by atoms with Crippen LogP contribution in [0.2, 0.25) is 5.02 Å². The first-order valence-corrected chi connectivity index (χ1v) is 15.5. The fourth-order valence-corrected chi connectivity index (χ4v) is 6.55. The molecule has 0 saturated carbocycles. The van der Waals surface area contributed by atoms with Crippen LogP contribution in [0.5, 0.6) is 0 Å². The highest BCUT2D eigenvalue weighted by Crippen LogP contribution is 2.38. The molecule has 2 aliphatic heterocycles. The molecule has 6 rings (SSSR count). The summed E-state index contributed by atoms with van der Waals surface area (Å²) in [6.07, 6.45) is 5.35. The van der Waals surface area contributed by atoms with Crippen molar-refractivity contribution >= 4 is 40.8 Å². The normalized spacial score (nSPS) is 16.8. The Hall–Kier alpha value is -4.74. The van der Waals surface area contributed by atoms with E-state index >= 15 is 0 Å². The number of carboxylic acid groups (broad SMARTS) is 1. The van der Waals surface area contributed by atoms with E-state index in [-0.39, 0.29) is 28.5 Å². The third-order valence-corrected chi connectivity index (χ3v) is 9.14. The Morgan fingerprint density at radius 1 is 0.978 bits per heavy atom. The van der Waals surface area contributed by atoms with E-state index in [2.05, 4.69) is 40.3 Å². The minimum atomic E-state index is -1.07. The standard InChI is InChI=1S/C34H34ClFN6O4/c1-39(2)23-13-16-40(17-14-23)28-7-3-5-25-24(28)15-18-42(31(25)32(43)38-22-11-9-21(10-12-22)34(45)46)33(44)27-19-41(20-37-27)29-8-4-6-26(35)30(29)36/h3-12,19-20,23,31H,13-18H2,1-2H3,(H,38,43)(H,45,46). The lowest BCUT2D eigenvalue weighted by Gasteiger charge is -2.41. The van der Waals surface area contributed by atoms with Gasteiger partial charge in [0.2, 0.25) is 0 Å². The molecule has 1 fully saturated rings. The number of anilines is 2. The van der Waals surface area contributed by atoms with Crippen LogP contribution in [0.4, 0.5) is 15.8 Å². The fourth-order valence-electron chi connectivity index (χ4n) is 6.38. The number of amides is 2. The predicted octanol–water partition coefficient (Wildman–Crippen LogP) is 5.27. The van der Waals surface area contributed by atoms with E-state index in [1.807, 2.05) is 12.1 Å². The van der Waals surface area contributed by atoms with Crippen LogP contribution in [-0.4, -0.2) is 82.0 Å². The highest BCUT2D eigenvalue weighted by molar-refractivity contribution is 6.30. The van der Waals surface area contributed by atoms with Crippen LogP contribution in [0, 0.1) is 5.82 Å². The van der Waals surface area contributed by atoms with E-state index in [0.29, 0.717) is 23.7 Å². The van der Waals surface area contributed by atoms with Crippen LogP contribution in [0.1, 0.15) is 50.9 Å². The number of carboxylic acids is 1. The summed E-state index contributed by atoms with van der Waals surface area (Å²) >= 11 is 5.97. The topological polar surface area (TPSA) is 111 Å². The number of nitrogens with one attached hydrogen (secondary N) is 1. The average molecular weight is 645 g/mol. The number of aromatic nitrogens is 2. The third kappa shape index (κ3) is 6.08. The van der Waals surface area contributed by atoms with Crippen molar-refractivity contribution in [2.24, 2.45) is 0 Å². The van der Waals surface area contributed by atoms with Gasteiger partial charge in [-0.3, -0.25) is 9.59 Å². The molecular weight excluding hydrogens is 611 g/mol. The summed E-state index contributed by atoms with van der Waals surface area (Å²) in [7, 11) is 4.20. The number of benzene rings is 3. The summed E-state index contributed by atoms with van der Waals surface area (Å²) in [4.78, 5) is 49.8. The molecule has 1 atom stereocenters. The van der Waals surface area contributed by atoms with Crippen molar-refractivity contribution in [3.05, 3.63) is 106 Å². The number of carbonyl (C=O) groups excluding carboxylic acids is 2. The molecule has 3 aromatic carbocycles. The Labute approximate surface area is 271 Å². The highest BCUT2D eigenvalue weighted by Gasteiger charge is 2.39. The van der Waals surface area contributed by atoms with Crippen LogP contribution >= 0.6 is 11.6 Å². The molecule has 2 aliphatic rings. The second kappa shape index (κ2) is 12.9. The van der Waals surface area contributed by atoms with Gasteiger partial charge in [-0.1, -0.05) is 29.8 Å². The SMILES string of the molecule is CN(C)C1CCN(c2cccc3c2CCN(C(=O)c2cn(-c4cccc(Cl)c4F)cn2)C3C(=O)Nc2ccc(C(=O)O)cc2)CC1. The monoisotopic (exact) mass is 644 g/mol. The summed E-state index contributed by atoms with van der Waals surface area (Å²) < 4.78 is 16.1. The largest absolute Gasteiger partial charge is 0.478 e. The number of fused-ring (bicyclic) bond motifs is 1. The number of aromatic carboxylic acids is 1. The molecule has 1 unspecified atom stereocenters. The van der Waals surface area contributed by atoms with Gasteiger partial charge in [-0.25, -0.2) is 14.2 Å². The van der Waals surface area contributed by atoms with Crippen LogP contribution in [-0.2, 0) is 11.2 Å². The lowest BCUT2D eigenvalue weighted by Crippen LogP contribution is -2.46. The minimum Gasteiger partial charge on any atom is -0.478 e. The number of piperidine rings is 1. The Balaban J connectivity index is 1.34. The third-order valence-electron chi connectivity index (χ3n) is 8.85. The van der Waals surface area contributed by atoms with Gasteiger partial charge in [0.15, 0.2) is 5.82 Å². The number of carbonyl (C=O) groups is 3. The highest BCUT2D eigenvalue weighted by atomic mass is 35.5. The quantitative estimate of drug-likeness (QED) is 0.282. The van der Waals surface area contributed by atoms with Crippen LogP contribution in [0.3, 0.4) is 0 Å². The molecule has 0 spiro atoms. The molecular formula is C34H34ClFN6O4. The predicted molar refractivity (Wildman–Crippen MR) is 173 cm³/mol. The number of imidazole rings is 1. The summed E-state index contributed by atoms with van der Waals surface area (Å²) in [5, 5.41) is 12.1. The summed E-state index contributed by atoms with van der Waals surface area (Å²) in [5.41, 5.74) is 3.48. The van der Waals surface area contributed by atoms with Gasteiger partial charge in [-0.15, -0.1) is 0 Å². The van der Waals surface area contributed by atoms with Gasteiger partial charge < -0.3 is 29.7 Å². The number of hydrogen-bond acceptors (Lipinski definition) is 6. The van der Waals surface area contributed by atoms with Gasteiger partial charge in [0, 0.05) is 43.2 Å². The molecule has 1 saturated heterocycles. The summed E-state index contributed by atoms with van der Waals surface area (Å²) in [6.45, 7) is 2.02. The zero-order valence-electron chi connectivity index (χ0n) is 25.5.